The molecular formula is C19H27NO5. The number of morpholine rings is 1. The Morgan fingerprint density at radius 1 is 1.32 bits per heavy atom. The number of fused-ring (bicyclic) bond motifs is 1. The molecule has 1 aliphatic carbocycles. The number of ether oxygens (including phenoxy) is 3. The number of hydrogen-bond acceptors (Lipinski definition) is 6. The molecule has 1 saturated carbocycles. The minimum absolute atomic E-state index is 0.228. The molecule has 1 aromatic carbocycles. The van der Waals surface area contributed by atoms with Crippen molar-refractivity contribution < 1.29 is 24.1 Å². The number of benzene rings is 1. The van der Waals surface area contributed by atoms with E-state index in [-0.39, 0.29) is 12.6 Å². The molecule has 1 heterocycles. The summed E-state index contributed by atoms with van der Waals surface area (Å²) in [5.41, 5.74) is 0.479. The quantitative estimate of drug-likeness (QED) is 0.791. The number of aliphatic hydroxyl groups is 1. The average Bonchev–Trinajstić information content (AvgIpc) is 2.66. The van der Waals surface area contributed by atoms with Crippen LogP contribution in [-0.2, 0) is 9.47 Å². The molecule has 1 aliphatic heterocycles. The van der Waals surface area contributed by atoms with Gasteiger partial charge in [-0.1, -0.05) is 12.8 Å². The van der Waals surface area contributed by atoms with Crippen LogP contribution in [0, 0.1) is 0 Å². The van der Waals surface area contributed by atoms with Crippen molar-refractivity contribution >= 4 is 5.97 Å². The first-order valence-electron chi connectivity index (χ1n) is 9.02. The van der Waals surface area contributed by atoms with Gasteiger partial charge in [0.25, 0.3) is 0 Å². The van der Waals surface area contributed by atoms with E-state index < -0.39 is 6.10 Å². The van der Waals surface area contributed by atoms with Crippen LogP contribution in [0.25, 0.3) is 0 Å². The van der Waals surface area contributed by atoms with Crippen molar-refractivity contribution in [2.75, 3.05) is 33.4 Å². The SMILES string of the molecule is COC(=O)c1ccc(OC[C@H](O)CN2CCO[C@H]3CCCC[C@H]32)cc1. The lowest BCUT2D eigenvalue weighted by Gasteiger charge is -2.44. The third-order valence-electron chi connectivity index (χ3n) is 5.01. The van der Waals surface area contributed by atoms with Gasteiger partial charge in [-0.25, -0.2) is 4.79 Å². The summed E-state index contributed by atoms with van der Waals surface area (Å²) in [5, 5.41) is 10.4. The molecule has 0 bridgehead atoms. The molecule has 2 aliphatic rings. The van der Waals surface area contributed by atoms with Crippen molar-refractivity contribution in [3.8, 4) is 5.75 Å². The Labute approximate surface area is 148 Å². The van der Waals surface area contributed by atoms with Gasteiger partial charge >= 0.3 is 5.97 Å². The van der Waals surface area contributed by atoms with E-state index in [9.17, 15) is 9.90 Å². The topological polar surface area (TPSA) is 68.2 Å². The average molecular weight is 349 g/mol. The minimum atomic E-state index is -0.555. The van der Waals surface area contributed by atoms with E-state index in [1.54, 1.807) is 24.3 Å². The van der Waals surface area contributed by atoms with Crippen LogP contribution in [0.3, 0.4) is 0 Å². The highest BCUT2D eigenvalue weighted by atomic mass is 16.5. The van der Waals surface area contributed by atoms with Gasteiger partial charge in [0.05, 0.1) is 25.4 Å². The van der Waals surface area contributed by atoms with Crippen molar-refractivity contribution in [2.45, 2.75) is 43.9 Å². The van der Waals surface area contributed by atoms with E-state index in [4.69, 9.17) is 9.47 Å². The van der Waals surface area contributed by atoms with Crippen LogP contribution < -0.4 is 4.74 Å². The van der Waals surface area contributed by atoms with E-state index in [1.165, 1.54) is 20.0 Å². The van der Waals surface area contributed by atoms with Crippen LogP contribution in [0.1, 0.15) is 36.0 Å². The standard InChI is InChI=1S/C19H27NO5/c1-23-19(22)14-6-8-16(9-7-14)25-13-15(21)12-20-10-11-24-18-5-3-2-4-17(18)20/h6-9,15,17-18,21H,2-5,10-13H2,1H3/t15-,17-,18+/m1/s1. The molecule has 1 N–H and O–H groups in total. The van der Waals surface area contributed by atoms with Crippen LogP contribution in [0.4, 0.5) is 0 Å². The Morgan fingerprint density at radius 3 is 2.84 bits per heavy atom. The van der Waals surface area contributed by atoms with Gasteiger partial charge in [0, 0.05) is 19.1 Å². The number of esters is 1. The number of aliphatic hydroxyl groups excluding tert-OH is 1. The Morgan fingerprint density at radius 2 is 2.08 bits per heavy atom. The molecular weight excluding hydrogens is 322 g/mol. The largest absolute Gasteiger partial charge is 0.491 e. The molecule has 0 unspecified atom stereocenters. The summed E-state index contributed by atoms with van der Waals surface area (Å²) < 4.78 is 16.2. The van der Waals surface area contributed by atoms with E-state index in [1.807, 2.05) is 0 Å². The fraction of sp³-hybridized carbons (Fsp3) is 0.632. The fourth-order valence-corrected chi connectivity index (χ4v) is 3.72. The highest BCUT2D eigenvalue weighted by Gasteiger charge is 2.34. The molecule has 6 heteroatoms. The molecule has 0 aromatic heterocycles. The van der Waals surface area contributed by atoms with Gasteiger partial charge in [-0.2, -0.15) is 0 Å². The maximum atomic E-state index is 11.4. The van der Waals surface area contributed by atoms with Crippen LogP contribution in [-0.4, -0.2) is 67.6 Å². The van der Waals surface area contributed by atoms with Crippen molar-refractivity contribution in [2.24, 2.45) is 0 Å². The molecule has 0 spiro atoms. The van der Waals surface area contributed by atoms with Crippen molar-refractivity contribution in [1.29, 1.82) is 0 Å². The summed E-state index contributed by atoms with van der Waals surface area (Å²) in [7, 11) is 1.35. The van der Waals surface area contributed by atoms with Crippen LogP contribution in [0.2, 0.25) is 0 Å². The lowest BCUT2D eigenvalue weighted by Crippen LogP contribution is -2.55. The lowest BCUT2D eigenvalue weighted by atomic mass is 9.90. The van der Waals surface area contributed by atoms with Gasteiger partial charge in [-0.3, -0.25) is 4.90 Å². The first kappa shape index (κ1) is 18.2. The number of rotatable bonds is 6. The third-order valence-corrected chi connectivity index (χ3v) is 5.01. The Kier molecular flexibility index (Phi) is 6.29. The normalized spacial score (nSPS) is 25.0. The van der Waals surface area contributed by atoms with Crippen molar-refractivity contribution in [3.05, 3.63) is 29.8 Å². The number of carbonyl (C=O) groups is 1. The highest BCUT2D eigenvalue weighted by molar-refractivity contribution is 5.89. The van der Waals surface area contributed by atoms with E-state index in [0.29, 0.717) is 30.0 Å². The predicted octanol–water partition coefficient (Wildman–Crippen LogP) is 1.86. The second kappa shape index (κ2) is 8.65. The Bertz CT molecular complexity index is 559. The maximum Gasteiger partial charge on any atom is 0.337 e. The monoisotopic (exact) mass is 349 g/mol. The molecule has 138 valence electrons. The second-order valence-electron chi connectivity index (χ2n) is 6.74. The molecule has 2 fully saturated rings. The molecule has 25 heavy (non-hydrogen) atoms. The molecule has 1 aromatic rings. The number of carbonyl (C=O) groups excluding carboxylic acids is 1. The fourth-order valence-electron chi connectivity index (χ4n) is 3.72. The van der Waals surface area contributed by atoms with E-state index >= 15 is 0 Å². The summed E-state index contributed by atoms with van der Waals surface area (Å²) in [5.74, 6) is 0.255. The van der Waals surface area contributed by atoms with Gasteiger partial charge < -0.3 is 19.3 Å². The Hall–Kier alpha value is -1.63. The van der Waals surface area contributed by atoms with Gasteiger partial charge in [0.2, 0.25) is 0 Å². The van der Waals surface area contributed by atoms with Crippen LogP contribution in [0.5, 0.6) is 5.75 Å². The summed E-state index contributed by atoms with van der Waals surface area (Å²) in [4.78, 5) is 13.8. The van der Waals surface area contributed by atoms with Gasteiger partial charge in [0.15, 0.2) is 0 Å². The molecule has 1 saturated heterocycles. The summed E-state index contributed by atoms with van der Waals surface area (Å²) >= 11 is 0. The lowest BCUT2D eigenvalue weighted by molar-refractivity contribution is -0.0992. The Balaban J connectivity index is 1.47. The van der Waals surface area contributed by atoms with Crippen LogP contribution >= 0.6 is 0 Å². The van der Waals surface area contributed by atoms with Crippen molar-refractivity contribution in [3.63, 3.8) is 0 Å². The molecule has 6 nitrogen and oxygen atoms in total. The summed E-state index contributed by atoms with van der Waals surface area (Å²) in [6.45, 7) is 2.44. The molecule has 3 rings (SSSR count). The maximum absolute atomic E-state index is 11.4. The highest BCUT2D eigenvalue weighted by Crippen LogP contribution is 2.28. The van der Waals surface area contributed by atoms with E-state index in [2.05, 4.69) is 9.64 Å². The molecule has 0 radical (unpaired) electrons. The van der Waals surface area contributed by atoms with Crippen molar-refractivity contribution in [1.82, 2.24) is 4.90 Å². The molecule has 0 amide bonds. The van der Waals surface area contributed by atoms with Gasteiger partial charge in [-0.05, 0) is 37.1 Å². The van der Waals surface area contributed by atoms with Crippen LogP contribution in [0.15, 0.2) is 24.3 Å². The van der Waals surface area contributed by atoms with E-state index in [0.717, 1.165) is 26.0 Å². The summed E-state index contributed by atoms with van der Waals surface area (Å²) in [6, 6.07) is 7.16. The number of methoxy groups -OCH3 is 1. The van der Waals surface area contributed by atoms with Gasteiger partial charge in [-0.15, -0.1) is 0 Å². The predicted molar refractivity (Wildman–Crippen MR) is 92.9 cm³/mol. The summed E-state index contributed by atoms with van der Waals surface area (Å²) in [6.07, 6.45) is 4.51. The third kappa shape index (κ3) is 4.71. The second-order valence-corrected chi connectivity index (χ2v) is 6.74. The number of nitrogens with zero attached hydrogens (tertiary/aromatic N) is 1. The zero-order valence-corrected chi connectivity index (χ0v) is 14.7. The smallest absolute Gasteiger partial charge is 0.337 e. The first-order valence-corrected chi connectivity index (χ1v) is 9.02. The number of β-amino-alcohol motifs (C(OH)–C–C–N with tert-alkyl or cyclic N) is 1. The zero-order valence-electron chi connectivity index (χ0n) is 14.7. The number of hydrogen-bond donors (Lipinski definition) is 1. The first-order chi connectivity index (χ1) is 12.2. The minimum Gasteiger partial charge on any atom is -0.491 e. The zero-order chi connectivity index (χ0) is 17.6. The van der Waals surface area contributed by atoms with Gasteiger partial charge in [0.1, 0.15) is 18.5 Å². The molecule has 3 atom stereocenters.